The van der Waals surface area contributed by atoms with E-state index in [9.17, 15) is 0 Å². The average molecular weight is 629 g/mol. The van der Waals surface area contributed by atoms with Gasteiger partial charge in [-0.2, -0.15) is 0 Å². The van der Waals surface area contributed by atoms with Crippen molar-refractivity contribution in [2.45, 2.75) is 152 Å². The van der Waals surface area contributed by atoms with Gasteiger partial charge < -0.3 is 6.15 Å². The van der Waals surface area contributed by atoms with Gasteiger partial charge in [-0.05, 0) is 98.7 Å². The molecule has 8 atom stereocenters. The summed E-state index contributed by atoms with van der Waals surface area (Å²) >= 11 is 0. The fourth-order valence-electron chi connectivity index (χ4n) is 12.0. The van der Waals surface area contributed by atoms with Crippen LogP contribution in [0.1, 0.15) is 103 Å². The van der Waals surface area contributed by atoms with Crippen molar-refractivity contribution in [1.82, 2.24) is 48.7 Å². The fraction of sp³-hybridized carbons (Fsp3) is 1.00. The van der Waals surface area contributed by atoms with E-state index in [0.29, 0.717) is 49.3 Å². The van der Waals surface area contributed by atoms with Gasteiger partial charge in [0, 0.05) is 16.8 Å². The maximum atomic E-state index is 4.26. The second-order valence-corrected chi connectivity index (χ2v) is 15.6. The van der Waals surface area contributed by atoms with Crippen LogP contribution in [0.15, 0.2) is 0 Å². The van der Waals surface area contributed by atoms with Gasteiger partial charge in [0.25, 0.3) is 0 Å². The van der Waals surface area contributed by atoms with Gasteiger partial charge in [-0.15, -0.1) is 0 Å². The number of rotatable bonds is 0. The summed E-state index contributed by atoms with van der Waals surface area (Å²) in [6, 6.07) is 0. The molecule has 0 amide bonds. The third-order valence-electron chi connectivity index (χ3n) is 13.8. The second-order valence-electron chi connectivity index (χ2n) is 15.6. The molecule has 9 aliphatic rings. The van der Waals surface area contributed by atoms with E-state index < -0.39 is 0 Å². The van der Waals surface area contributed by atoms with Crippen LogP contribution in [0.5, 0.6) is 0 Å². The van der Waals surface area contributed by atoms with E-state index >= 15 is 0 Å². The van der Waals surface area contributed by atoms with Gasteiger partial charge in [0.15, 0.2) is 0 Å². The molecule has 0 aromatic carbocycles. The molecule has 8 unspecified atom stereocenters. The maximum absolute atomic E-state index is 4.26. The van der Waals surface area contributed by atoms with Crippen molar-refractivity contribution >= 4 is 0 Å². The van der Waals surface area contributed by atoms with Crippen molar-refractivity contribution in [3.8, 4) is 0 Å². The van der Waals surface area contributed by atoms with Crippen LogP contribution >= 0.6 is 0 Å². The zero-order valence-corrected chi connectivity index (χ0v) is 26.6. The molecule has 9 rings (SSSR count). The first-order chi connectivity index (χ1) is 19.8. The Balaban J connectivity index is 0.00000144. The molecule has 5 saturated heterocycles. The standard InChI is InChI=1S/C32H56N8.Co.H3N/c1-2-10-18-17(9-1)25-33-26(18)38-28-21-13-5-6-14-22(21)30(35-28)40-32-24-16-8-7-15-23(24)31(36-32)39-29-20-12-4-3-11-19(20)27(34-29)37-25;;/h17-40H,1-16H2;;1H3. The first kappa shape index (κ1) is 30.8. The minimum atomic E-state index is 0. The topological polar surface area (TPSA) is 131 Å². The van der Waals surface area contributed by atoms with Crippen molar-refractivity contribution in [2.75, 3.05) is 0 Å². The van der Waals surface area contributed by atoms with Gasteiger partial charge in [-0.1, -0.05) is 51.4 Å². The number of hydrogen-bond donors (Lipinski definition) is 9. The minimum Gasteiger partial charge on any atom is -0.344 e. The van der Waals surface area contributed by atoms with Crippen LogP contribution in [0.4, 0.5) is 0 Å². The molecule has 11 N–H and O–H groups in total. The zero-order chi connectivity index (χ0) is 26.2. The Labute approximate surface area is 264 Å². The van der Waals surface area contributed by atoms with E-state index in [0.717, 1.165) is 47.3 Å². The number of hydrogen-bond acceptors (Lipinski definition) is 9. The van der Waals surface area contributed by atoms with E-state index in [-0.39, 0.29) is 22.9 Å². The summed E-state index contributed by atoms with van der Waals surface area (Å²) in [7, 11) is 0. The van der Waals surface area contributed by atoms with Crippen LogP contribution in [-0.2, 0) is 16.8 Å². The molecule has 9 nitrogen and oxygen atoms in total. The van der Waals surface area contributed by atoms with Gasteiger partial charge in [0.1, 0.15) is 0 Å². The van der Waals surface area contributed by atoms with Crippen LogP contribution in [-0.4, -0.2) is 49.3 Å². The Morgan fingerprint density at radius 3 is 0.476 bits per heavy atom. The summed E-state index contributed by atoms with van der Waals surface area (Å²) in [5, 5.41) is 33.8. The third-order valence-corrected chi connectivity index (χ3v) is 13.8. The van der Waals surface area contributed by atoms with E-state index in [1.54, 1.807) is 0 Å². The fourth-order valence-corrected chi connectivity index (χ4v) is 12.0. The second kappa shape index (κ2) is 12.7. The average Bonchev–Trinajstić information content (AvgIpc) is 3.73. The SMILES string of the molecule is C1CCC2C3NC(NC4NC(NC5NC(NC6NC(N3)C3CCCCC63)C3CCCCC53)C3CCCCC43)C2C1.N.[Co]. The third kappa shape index (κ3) is 5.26. The summed E-state index contributed by atoms with van der Waals surface area (Å²) in [5.74, 6) is 5.97. The predicted octanol–water partition coefficient (Wildman–Crippen LogP) is 2.77. The summed E-state index contributed by atoms with van der Waals surface area (Å²) in [4.78, 5) is 0. The largest absolute Gasteiger partial charge is 0.344 e. The van der Waals surface area contributed by atoms with Crippen molar-refractivity contribution in [3.63, 3.8) is 0 Å². The Morgan fingerprint density at radius 2 is 0.357 bits per heavy atom. The smallest absolute Gasteiger partial charge is 0.0628 e. The summed E-state index contributed by atoms with van der Waals surface area (Å²) < 4.78 is 0. The first-order valence-electron chi connectivity index (χ1n) is 17.9. The maximum Gasteiger partial charge on any atom is 0.0628 e. The minimum absolute atomic E-state index is 0. The molecule has 9 fully saturated rings. The monoisotopic (exact) mass is 628 g/mol. The molecule has 0 spiro atoms. The van der Waals surface area contributed by atoms with Gasteiger partial charge in [-0.25, -0.2) is 0 Å². The summed E-state index contributed by atoms with van der Waals surface area (Å²) in [5.41, 5.74) is 0. The molecular formula is C32H59CoN9. The van der Waals surface area contributed by atoms with E-state index in [2.05, 4.69) is 42.5 Å². The van der Waals surface area contributed by atoms with Crippen LogP contribution in [0.3, 0.4) is 0 Å². The molecule has 5 aliphatic heterocycles. The van der Waals surface area contributed by atoms with Crippen LogP contribution in [0.25, 0.3) is 0 Å². The molecule has 0 aromatic rings. The van der Waals surface area contributed by atoms with Crippen LogP contribution in [0, 0.1) is 47.3 Å². The van der Waals surface area contributed by atoms with Crippen molar-refractivity contribution in [1.29, 1.82) is 0 Å². The first-order valence-corrected chi connectivity index (χ1v) is 17.9. The molecule has 4 saturated carbocycles. The van der Waals surface area contributed by atoms with Gasteiger partial charge in [-0.3, -0.25) is 42.5 Å². The van der Waals surface area contributed by atoms with Crippen molar-refractivity contribution < 1.29 is 16.8 Å². The number of nitrogens with one attached hydrogen (secondary N) is 8. The molecule has 1 radical (unpaired) electrons. The molecule has 8 bridgehead atoms. The molecule has 10 heteroatoms. The van der Waals surface area contributed by atoms with Gasteiger partial charge in [0.05, 0.1) is 49.3 Å². The summed E-state index contributed by atoms with van der Waals surface area (Å²) in [6.45, 7) is 0. The molecule has 241 valence electrons. The molecule has 4 aliphatic carbocycles. The Hall–Kier alpha value is 0.146. The Morgan fingerprint density at radius 1 is 0.238 bits per heavy atom. The molecule has 0 aromatic heterocycles. The summed E-state index contributed by atoms with van der Waals surface area (Å²) in [6.07, 6.45) is 25.6. The van der Waals surface area contributed by atoms with E-state index in [1.165, 1.54) is 103 Å². The Bertz CT molecular complexity index is 718. The predicted molar refractivity (Wildman–Crippen MR) is 162 cm³/mol. The van der Waals surface area contributed by atoms with Crippen LogP contribution < -0.4 is 48.7 Å². The molecular weight excluding hydrogens is 569 g/mol. The van der Waals surface area contributed by atoms with E-state index in [4.69, 9.17) is 0 Å². The molecule has 5 heterocycles. The number of fused-ring (bicyclic) bond motifs is 20. The van der Waals surface area contributed by atoms with Gasteiger partial charge in [0.2, 0.25) is 0 Å². The van der Waals surface area contributed by atoms with Crippen molar-refractivity contribution in [2.24, 2.45) is 47.3 Å². The normalized spacial score (nSPS) is 54.9. The van der Waals surface area contributed by atoms with E-state index in [1.807, 2.05) is 0 Å². The van der Waals surface area contributed by atoms with Crippen LogP contribution in [0.2, 0.25) is 0 Å². The quantitative estimate of drug-likeness (QED) is 0.199. The Kier molecular flexibility index (Phi) is 9.34. The molecule has 42 heavy (non-hydrogen) atoms. The zero-order valence-electron chi connectivity index (χ0n) is 25.6. The van der Waals surface area contributed by atoms with Gasteiger partial charge >= 0.3 is 0 Å². The van der Waals surface area contributed by atoms with Crippen molar-refractivity contribution in [3.05, 3.63) is 0 Å².